The molecule has 0 bridgehead atoms. The van der Waals surface area contributed by atoms with Crippen LogP contribution in [0.5, 0.6) is 0 Å². The summed E-state index contributed by atoms with van der Waals surface area (Å²) in [6, 6.07) is -1.16. The van der Waals surface area contributed by atoms with Gasteiger partial charge in [-0.1, -0.05) is 30.9 Å². The molecule has 0 aromatic carbocycles. The molecule has 1 N–H and O–H groups in total. The summed E-state index contributed by atoms with van der Waals surface area (Å²) in [7, 11) is 0. The zero-order valence-electron chi connectivity index (χ0n) is 17.7. The molecule has 1 rings (SSSR count). The second-order valence-electron chi connectivity index (χ2n) is 7.48. The normalized spacial score (nSPS) is 16.3. The van der Waals surface area contributed by atoms with Crippen LogP contribution in [0.3, 0.4) is 0 Å². The minimum absolute atomic E-state index is 0.00651. The van der Waals surface area contributed by atoms with Crippen molar-refractivity contribution >= 4 is 18.0 Å². The highest BCUT2D eigenvalue weighted by atomic mass is 16.6. The van der Waals surface area contributed by atoms with Crippen molar-refractivity contribution in [2.45, 2.75) is 45.8 Å². The Morgan fingerprint density at radius 2 is 1.90 bits per heavy atom. The van der Waals surface area contributed by atoms with Crippen LogP contribution in [0.25, 0.3) is 0 Å². The maximum atomic E-state index is 12.6. The average molecular weight is 408 g/mol. The van der Waals surface area contributed by atoms with Gasteiger partial charge in [0.05, 0.1) is 19.6 Å². The van der Waals surface area contributed by atoms with E-state index in [1.807, 2.05) is 13.0 Å². The van der Waals surface area contributed by atoms with Crippen molar-refractivity contribution in [2.75, 3.05) is 32.9 Å². The highest BCUT2D eigenvalue weighted by Crippen LogP contribution is 2.10. The van der Waals surface area contributed by atoms with Crippen molar-refractivity contribution in [3.63, 3.8) is 0 Å². The van der Waals surface area contributed by atoms with Crippen molar-refractivity contribution in [3.8, 4) is 0 Å². The van der Waals surface area contributed by atoms with E-state index >= 15 is 0 Å². The lowest BCUT2D eigenvalue weighted by Crippen LogP contribution is -2.49. The number of carbonyl (C=O) groups excluding carboxylic acids is 3. The van der Waals surface area contributed by atoms with Crippen LogP contribution in [-0.4, -0.2) is 67.4 Å². The number of morpholine rings is 1. The summed E-state index contributed by atoms with van der Waals surface area (Å²) in [4.78, 5) is 38.9. The lowest BCUT2D eigenvalue weighted by atomic mass is 10.1. The molecule has 162 valence electrons. The van der Waals surface area contributed by atoms with Crippen LogP contribution >= 0.6 is 0 Å². The van der Waals surface area contributed by atoms with Crippen LogP contribution in [0.4, 0.5) is 4.79 Å². The van der Waals surface area contributed by atoms with Gasteiger partial charge in [0.2, 0.25) is 5.91 Å². The van der Waals surface area contributed by atoms with Crippen LogP contribution in [0.2, 0.25) is 0 Å². The fourth-order valence-corrected chi connectivity index (χ4v) is 2.53. The summed E-state index contributed by atoms with van der Waals surface area (Å²) in [5.41, 5.74) is -0.00943. The van der Waals surface area contributed by atoms with Crippen LogP contribution in [0.1, 0.15) is 34.1 Å². The Bertz CT molecular complexity index is 642. The van der Waals surface area contributed by atoms with Gasteiger partial charge in [0.25, 0.3) is 0 Å². The molecule has 0 aliphatic carbocycles. The molecule has 8 heteroatoms. The molecule has 8 nitrogen and oxygen atoms in total. The summed E-state index contributed by atoms with van der Waals surface area (Å²) in [5.74, 6) is -0.974. The predicted octanol–water partition coefficient (Wildman–Crippen LogP) is 2.36. The Balaban J connectivity index is 2.82. The number of carbonyl (C=O) groups is 3. The van der Waals surface area contributed by atoms with Gasteiger partial charge < -0.3 is 24.4 Å². The van der Waals surface area contributed by atoms with Crippen LogP contribution in [0, 0.1) is 0 Å². The number of hydrogen-bond acceptors (Lipinski definition) is 6. The number of rotatable bonds is 8. The lowest BCUT2D eigenvalue weighted by Gasteiger charge is -2.28. The van der Waals surface area contributed by atoms with Gasteiger partial charge in [-0.2, -0.15) is 0 Å². The summed E-state index contributed by atoms with van der Waals surface area (Å²) in [6.07, 6.45) is 5.88. The first-order valence-electron chi connectivity index (χ1n) is 9.62. The van der Waals surface area contributed by atoms with Gasteiger partial charge in [0.1, 0.15) is 18.2 Å². The Labute approximate surface area is 172 Å². The molecule has 0 unspecified atom stereocenters. The molecule has 0 aromatic rings. The van der Waals surface area contributed by atoms with E-state index in [1.54, 1.807) is 43.9 Å². The zero-order chi connectivity index (χ0) is 21.9. The largest absolute Gasteiger partial charge is 0.459 e. The molecule has 0 aromatic heterocycles. The fourth-order valence-electron chi connectivity index (χ4n) is 2.53. The first-order valence-corrected chi connectivity index (χ1v) is 9.62. The Kier molecular flexibility index (Phi) is 10.2. The van der Waals surface area contributed by atoms with E-state index in [9.17, 15) is 14.4 Å². The van der Waals surface area contributed by atoms with Gasteiger partial charge in [0.15, 0.2) is 0 Å². The molecule has 1 fully saturated rings. The minimum atomic E-state index is -1.16. The van der Waals surface area contributed by atoms with Gasteiger partial charge >= 0.3 is 12.1 Å². The highest BCUT2D eigenvalue weighted by molar-refractivity contribution is 5.88. The molecule has 29 heavy (non-hydrogen) atoms. The topological polar surface area (TPSA) is 94.2 Å². The summed E-state index contributed by atoms with van der Waals surface area (Å²) in [5, 5.41) is 2.46. The number of hydrogen-bond donors (Lipinski definition) is 1. The van der Waals surface area contributed by atoms with E-state index in [0.29, 0.717) is 26.3 Å². The second-order valence-corrected chi connectivity index (χ2v) is 7.48. The summed E-state index contributed by atoms with van der Waals surface area (Å²) >= 11 is 0. The predicted molar refractivity (Wildman–Crippen MR) is 109 cm³/mol. The van der Waals surface area contributed by atoms with Gasteiger partial charge in [-0.15, -0.1) is 0 Å². The Hall–Kier alpha value is -2.61. The average Bonchev–Trinajstić information content (AvgIpc) is 2.64. The molecule has 2 amide bonds. The fraction of sp³-hybridized carbons (Fsp3) is 0.571. The molecule has 1 heterocycles. The third-order valence-corrected chi connectivity index (χ3v) is 3.81. The quantitative estimate of drug-likeness (QED) is 0.489. The standard InChI is InChI=1S/C21H32N2O6/c1-6-8-16(9-7-2)15-28-19(25)17(22-20(26)29-21(3,4)5)14-18(24)23-10-12-27-13-11-23/h6-9,17H,1,10-15H2,2-5H3,(H,22,26)/b9-7-,16-8+/t17-/m0/s1. The van der Waals surface area contributed by atoms with E-state index in [4.69, 9.17) is 14.2 Å². The number of nitrogens with one attached hydrogen (secondary N) is 1. The molecule has 0 spiro atoms. The number of nitrogens with zero attached hydrogens (tertiary/aromatic N) is 1. The molecule has 1 atom stereocenters. The first-order chi connectivity index (χ1) is 13.7. The number of ether oxygens (including phenoxy) is 3. The third-order valence-electron chi connectivity index (χ3n) is 3.81. The molecule has 1 aliphatic heterocycles. The first kappa shape index (κ1) is 24.4. The van der Waals surface area contributed by atoms with E-state index in [-0.39, 0.29) is 18.9 Å². The molecule has 1 saturated heterocycles. The van der Waals surface area contributed by atoms with E-state index < -0.39 is 23.7 Å². The lowest BCUT2D eigenvalue weighted by molar-refractivity contribution is -0.148. The monoisotopic (exact) mass is 408 g/mol. The van der Waals surface area contributed by atoms with Crippen molar-refractivity contribution in [1.82, 2.24) is 10.2 Å². The van der Waals surface area contributed by atoms with Crippen LogP contribution in [-0.2, 0) is 23.8 Å². The third kappa shape index (κ3) is 9.94. The van der Waals surface area contributed by atoms with E-state index in [1.165, 1.54) is 0 Å². The molecule has 1 aliphatic rings. The van der Waals surface area contributed by atoms with Crippen molar-refractivity contribution < 1.29 is 28.6 Å². The van der Waals surface area contributed by atoms with Crippen molar-refractivity contribution in [2.24, 2.45) is 0 Å². The molecule has 0 saturated carbocycles. The maximum absolute atomic E-state index is 12.6. The van der Waals surface area contributed by atoms with Crippen LogP contribution < -0.4 is 5.32 Å². The highest BCUT2D eigenvalue weighted by Gasteiger charge is 2.30. The van der Waals surface area contributed by atoms with Gasteiger partial charge in [-0.25, -0.2) is 9.59 Å². The minimum Gasteiger partial charge on any atom is -0.459 e. The van der Waals surface area contributed by atoms with E-state index in [0.717, 1.165) is 5.57 Å². The number of esters is 1. The van der Waals surface area contributed by atoms with Crippen LogP contribution in [0.15, 0.2) is 36.5 Å². The smallest absolute Gasteiger partial charge is 0.408 e. The molecular formula is C21H32N2O6. The Morgan fingerprint density at radius 1 is 1.24 bits per heavy atom. The molecule has 0 radical (unpaired) electrons. The second kappa shape index (κ2) is 12.1. The van der Waals surface area contributed by atoms with Gasteiger partial charge in [0, 0.05) is 13.1 Å². The van der Waals surface area contributed by atoms with Gasteiger partial charge in [-0.3, -0.25) is 4.79 Å². The maximum Gasteiger partial charge on any atom is 0.408 e. The SMILES string of the molecule is C=C/C=C(\C=C/C)COC(=O)[C@H](CC(=O)N1CCOCC1)NC(=O)OC(C)(C)C. The Morgan fingerprint density at radius 3 is 2.45 bits per heavy atom. The summed E-state index contributed by atoms with van der Waals surface area (Å²) in [6.45, 7) is 12.4. The zero-order valence-corrected chi connectivity index (χ0v) is 17.7. The van der Waals surface area contributed by atoms with Gasteiger partial charge in [-0.05, 0) is 33.3 Å². The van der Waals surface area contributed by atoms with Crippen molar-refractivity contribution in [3.05, 3.63) is 36.5 Å². The number of amides is 2. The number of alkyl carbamates (subject to hydrolysis) is 1. The summed E-state index contributed by atoms with van der Waals surface area (Å²) < 4.78 is 15.8. The molecular weight excluding hydrogens is 376 g/mol. The van der Waals surface area contributed by atoms with E-state index in [2.05, 4.69) is 11.9 Å². The van der Waals surface area contributed by atoms with Crippen molar-refractivity contribution in [1.29, 1.82) is 0 Å². The number of allylic oxidation sites excluding steroid dienone is 3.